The predicted octanol–water partition coefficient (Wildman–Crippen LogP) is 5.61. The molecule has 0 unspecified atom stereocenters. The van der Waals surface area contributed by atoms with E-state index in [1.807, 2.05) is 36.5 Å². The SMILES string of the molecule is CC/C=C\C/C=C\C/C=C\C=C\[C@H](O)C/C=C\C/C=C\CCC(=O)OC. The molecule has 0 radical (unpaired) electrons. The lowest BCUT2D eigenvalue weighted by Crippen LogP contribution is -1.98. The molecule has 0 aromatic carbocycles. The van der Waals surface area contributed by atoms with Gasteiger partial charge in [-0.05, 0) is 38.5 Å². The summed E-state index contributed by atoms with van der Waals surface area (Å²) >= 11 is 0. The third kappa shape index (κ3) is 18.2. The Balaban J connectivity index is 3.73. The molecule has 0 spiro atoms. The first-order valence-corrected chi connectivity index (χ1v) is 9.38. The van der Waals surface area contributed by atoms with E-state index < -0.39 is 6.10 Å². The average Bonchev–Trinajstić information content (AvgIpc) is 2.65. The van der Waals surface area contributed by atoms with Crippen LogP contribution in [-0.4, -0.2) is 24.3 Å². The molecule has 1 N–H and O–H groups in total. The van der Waals surface area contributed by atoms with E-state index in [2.05, 4.69) is 42.0 Å². The number of allylic oxidation sites excluding steroid dienone is 10. The zero-order valence-electron chi connectivity index (χ0n) is 16.2. The van der Waals surface area contributed by atoms with Crippen molar-refractivity contribution >= 4 is 5.97 Å². The maximum Gasteiger partial charge on any atom is 0.305 e. The molecule has 0 amide bonds. The van der Waals surface area contributed by atoms with Crippen molar-refractivity contribution < 1.29 is 14.6 Å². The van der Waals surface area contributed by atoms with Gasteiger partial charge in [-0.15, -0.1) is 0 Å². The quantitative estimate of drug-likeness (QED) is 0.249. The zero-order valence-corrected chi connectivity index (χ0v) is 16.2. The van der Waals surface area contributed by atoms with Gasteiger partial charge >= 0.3 is 5.97 Å². The highest BCUT2D eigenvalue weighted by molar-refractivity contribution is 5.69. The highest BCUT2D eigenvalue weighted by Gasteiger charge is 1.95. The van der Waals surface area contributed by atoms with Gasteiger partial charge in [-0.25, -0.2) is 0 Å². The Kier molecular flexibility index (Phi) is 17.6. The second kappa shape index (κ2) is 19.2. The highest BCUT2D eigenvalue weighted by Crippen LogP contribution is 2.00. The monoisotopic (exact) mass is 358 g/mol. The number of aliphatic hydroxyl groups excluding tert-OH is 1. The number of methoxy groups -OCH3 is 1. The largest absolute Gasteiger partial charge is 0.469 e. The molecule has 144 valence electrons. The maximum absolute atomic E-state index is 10.9. The van der Waals surface area contributed by atoms with Gasteiger partial charge in [-0.2, -0.15) is 0 Å². The number of hydrogen-bond donors (Lipinski definition) is 1. The second-order valence-electron chi connectivity index (χ2n) is 5.73. The lowest BCUT2D eigenvalue weighted by Gasteiger charge is -1.98. The Bertz CT molecular complexity index is 508. The van der Waals surface area contributed by atoms with Crippen LogP contribution in [0.1, 0.15) is 51.9 Å². The van der Waals surface area contributed by atoms with Gasteiger partial charge in [-0.3, -0.25) is 4.79 Å². The van der Waals surface area contributed by atoms with Crippen LogP contribution in [0.5, 0.6) is 0 Å². The first-order valence-electron chi connectivity index (χ1n) is 9.38. The molecular formula is C23H34O3. The number of hydrogen-bond acceptors (Lipinski definition) is 3. The van der Waals surface area contributed by atoms with Crippen LogP contribution < -0.4 is 0 Å². The molecule has 0 bridgehead atoms. The van der Waals surface area contributed by atoms with E-state index in [-0.39, 0.29) is 5.97 Å². The Labute approximate surface area is 159 Å². The molecule has 0 saturated heterocycles. The van der Waals surface area contributed by atoms with Gasteiger partial charge in [0.25, 0.3) is 0 Å². The summed E-state index contributed by atoms with van der Waals surface area (Å²) in [5.74, 6) is -0.186. The smallest absolute Gasteiger partial charge is 0.305 e. The van der Waals surface area contributed by atoms with Crippen molar-refractivity contribution in [2.45, 2.75) is 58.0 Å². The standard InChI is InChI=1S/C23H34O3/c1-3-4-5-6-7-8-9-10-13-16-19-22(24)20-17-14-11-12-15-18-21-23(25)26-2/h4-5,7-8,10,12-17,19,22,24H,3,6,9,11,18,20-21H2,1-2H3/b5-4-,8-7-,13-10-,15-12-,17-14-,19-16+/t22-/m0/s1. The average molecular weight is 359 g/mol. The first kappa shape index (κ1) is 23.9. The van der Waals surface area contributed by atoms with Crippen LogP contribution in [0.25, 0.3) is 0 Å². The summed E-state index contributed by atoms with van der Waals surface area (Å²) < 4.78 is 4.57. The van der Waals surface area contributed by atoms with Gasteiger partial charge in [0.15, 0.2) is 0 Å². The van der Waals surface area contributed by atoms with Crippen molar-refractivity contribution in [2.75, 3.05) is 7.11 Å². The topological polar surface area (TPSA) is 46.5 Å². The highest BCUT2D eigenvalue weighted by atomic mass is 16.5. The first-order chi connectivity index (χ1) is 12.7. The summed E-state index contributed by atoms with van der Waals surface area (Å²) in [5.41, 5.74) is 0. The van der Waals surface area contributed by atoms with E-state index in [4.69, 9.17) is 0 Å². The summed E-state index contributed by atoms with van der Waals surface area (Å²) in [6, 6.07) is 0. The van der Waals surface area contributed by atoms with Crippen molar-refractivity contribution in [1.82, 2.24) is 0 Å². The molecule has 1 atom stereocenters. The zero-order chi connectivity index (χ0) is 19.3. The van der Waals surface area contributed by atoms with Crippen LogP contribution in [0.4, 0.5) is 0 Å². The Morgan fingerprint density at radius 3 is 2.19 bits per heavy atom. The van der Waals surface area contributed by atoms with E-state index in [0.29, 0.717) is 19.3 Å². The fraction of sp³-hybridized carbons (Fsp3) is 0.435. The van der Waals surface area contributed by atoms with Crippen molar-refractivity contribution in [3.05, 3.63) is 72.9 Å². The van der Waals surface area contributed by atoms with Crippen molar-refractivity contribution in [1.29, 1.82) is 0 Å². The fourth-order valence-electron chi connectivity index (χ4n) is 1.97. The second-order valence-corrected chi connectivity index (χ2v) is 5.73. The predicted molar refractivity (Wildman–Crippen MR) is 111 cm³/mol. The third-order valence-electron chi connectivity index (χ3n) is 3.42. The van der Waals surface area contributed by atoms with Gasteiger partial charge < -0.3 is 9.84 Å². The summed E-state index contributed by atoms with van der Waals surface area (Å²) in [6.07, 6.45) is 29.3. The molecule has 0 aliphatic rings. The van der Waals surface area contributed by atoms with E-state index in [9.17, 15) is 9.90 Å². The summed E-state index contributed by atoms with van der Waals surface area (Å²) in [7, 11) is 1.40. The van der Waals surface area contributed by atoms with Crippen LogP contribution >= 0.6 is 0 Å². The Morgan fingerprint density at radius 1 is 0.885 bits per heavy atom. The molecule has 0 heterocycles. The minimum absolute atomic E-state index is 0.186. The van der Waals surface area contributed by atoms with E-state index in [1.165, 1.54) is 7.11 Å². The lowest BCUT2D eigenvalue weighted by atomic mass is 10.2. The maximum atomic E-state index is 10.9. The Hall–Kier alpha value is -2.13. The molecule has 3 nitrogen and oxygen atoms in total. The number of carbonyl (C=O) groups excluding carboxylic acids is 1. The van der Waals surface area contributed by atoms with Crippen LogP contribution in [0.3, 0.4) is 0 Å². The molecule has 0 aromatic rings. The molecule has 0 rings (SSSR count). The molecule has 0 aromatic heterocycles. The molecule has 26 heavy (non-hydrogen) atoms. The molecule has 3 heteroatoms. The fourth-order valence-corrected chi connectivity index (χ4v) is 1.97. The van der Waals surface area contributed by atoms with Gasteiger partial charge in [-0.1, -0.05) is 79.8 Å². The minimum Gasteiger partial charge on any atom is -0.469 e. The number of aliphatic hydroxyl groups is 1. The number of carbonyl (C=O) groups is 1. The van der Waals surface area contributed by atoms with Crippen LogP contribution in [-0.2, 0) is 9.53 Å². The molecule has 0 aliphatic carbocycles. The lowest BCUT2D eigenvalue weighted by molar-refractivity contribution is -0.140. The number of rotatable bonds is 14. The van der Waals surface area contributed by atoms with Gasteiger partial charge in [0.2, 0.25) is 0 Å². The van der Waals surface area contributed by atoms with Crippen LogP contribution in [0, 0.1) is 0 Å². The van der Waals surface area contributed by atoms with Crippen LogP contribution in [0.2, 0.25) is 0 Å². The Morgan fingerprint density at radius 2 is 1.50 bits per heavy atom. The van der Waals surface area contributed by atoms with E-state index in [1.54, 1.807) is 6.08 Å². The van der Waals surface area contributed by atoms with Crippen molar-refractivity contribution in [2.24, 2.45) is 0 Å². The summed E-state index contributed by atoms with van der Waals surface area (Å²) in [4.78, 5) is 10.9. The van der Waals surface area contributed by atoms with Gasteiger partial charge in [0, 0.05) is 6.42 Å². The van der Waals surface area contributed by atoms with Gasteiger partial charge in [0.1, 0.15) is 0 Å². The van der Waals surface area contributed by atoms with E-state index in [0.717, 1.165) is 25.7 Å². The van der Waals surface area contributed by atoms with Crippen molar-refractivity contribution in [3.8, 4) is 0 Å². The molecule has 0 aliphatic heterocycles. The third-order valence-corrected chi connectivity index (χ3v) is 3.42. The van der Waals surface area contributed by atoms with Crippen LogP contribution in [0.15, 0.2) is 72.9 Å². The normalized spacial score (nSPS) is 14.1. The minimum atomic E-state index is -0.464. The van der Waals surface area contributed by atoms with E-state index >= 15 is 0 Å². The molecular weight excluding hydrogens is 324 g/mol. The molecule has 0 fully saturated rings. The number of ether oxygens (including phenoxy) is 1. The summed E-state index contributed by atoms with van der Waals surface area (Å²) in [5, 5.41) is 9.84. The summed E-state index contributed by atoms with van der Waals surface area (Å²) in [6.45, 7) is 2.13. The van der Waals surface area contributed by atoms with Crippen molar-refractivity contribution in [3.63, 3.8) is 0 Å². The molecule has 0 saturated carbocycles. The van der Waals surface area contributed by atoms with Gasteiger partial charge in [0.05, 0.1) is 13.2 Å². The number of esters is 1.